The van der Waals surface area contributed by atoms with Gasteiger partial charge in [0.25, 0.3) is 0 Å². The number of nitrogens with two attached hydrogens (primary N) is 1. The molecule has 0 unspecified atom stereocenters. The molecule has 0 spiro atoms. The molecule has 3 N–H and O–H groups in total. The van der Waals surface area contributed by atoms with Gasteiger partial charge in [-0.2, -0.15) is 0 Å². The Kier molecular flexibility index (Phi) is 5.52. The first-order chi connectivity index (χ1) is 8.80. The van der Waals surface area contributed by atoms with Gasteiger partial charge >= 0.3 is 0 Å². The summed E-state index contributed by atoms with van der Waals surface area (Å²) in [6.07, 6.45) is 2.53. The van der Waals surface area contributed by atoms with Crippen molar-refractivity contribution in [2.24, 2.45) is 5.73 Å². The number of sulfonamides is 1. The summed E-state index contributed by atoms with van der Waals surface area (Å²) in [5.74, 6) is 0. The average molecular weight is 284 g/mol. The zero-order valence-corrected chi connectivity index (χ0v) is 12.8. The molecule has 0 bridgehead atoms. The van der Waals surface area contributed by atoms with Crippen LogP contribution in [-0.2, 0) is 16.4 Å². The van der Waals surface area contributed by atoms with Gasteiger partial charge in [-0.25, -0.2) is 13.1 Å². The summed E-state index contributed by atoms with van der Waals surface area (Å²) in [6.45, 7) is 6.35. The second-order valence-electron chi connectivity index (χ2n) is 5.38. The molecule has 0 aromatic heterocycles. The molecule has 1 rings (SSSR count). The minimum absolute atomic E-state index is 0.311. The fourth-order valence-electron chi connectivity index (χ4n) is 1.64. The zero-order valence-electron chi connectivity index (χ0n) is 11.9. The number of aryl methyl sites for hydroxylation is 1. The van der Waals surface area contributed by atoms with Crippen molar-refractivity contribution in [3.05, 3.63) is 29.8 Å². The van der Waals surface area contributed by atoms with Crippen molar-refractivity contribution in [2.75, 3.05) is 6.54 Å². The number of rotatable bonds is 7. The zero-order chi connectivity index (χ0) is 14.5. The molecule has 0 fully saturated rings. The first-order valence-electron chi connectivity index (χ1n) is 6.64. The van der Waals surface area contributed by atoms with Crippen LogP contribution in [0.15, 0.2) is 29.2 Å². The highest BCUT2D eigenvalue weighted by atomic mass is 32.2. The number of benzene rings is 1. The van der Waals surface area contributed by atoms with E-state index in [1.165, 1.54) is 0 Å². The lowest BCUT2D eigenvalue weighted by atomic mass is 10.0. The van der Waals surface area contributed by atoms with Crippen molar-refractivity contribution >= 4 is 10.0 Å². The third-order valence-electron chi connectivity index (χ3n) is 3.20. The molecule has 0 aliphatic heterocycles. The highest BCUT2D eigenvalue weighted by molar-refractivity contribution is 7.89. The maximum absolute atomic E-state index is 12.2. The second kappa shape index (κ2) is 6.50. The number of hydrogen-bond acceptors (Lipinski definition) is 3. The van der Waals surface area contributed by atoms with E-state index < -0.39 is 15.6 Å². The molecule has 0 heterocycles. The molecule has 19 heavy (non-hydrogen) atoms. The third-order valence-corrected chi connectivity index (χ3v) is 4.91. The molecule has 1 aromatic rings. The average Bonchev–Trinajstić information content (AvgIpc) is 2.35. The van der Waals surface area contributed by atoms with Crippen LogP contribution in [0.1, 0.15) is 39.2 Å². The predicted octanol–water partition coefficient (Wildman–Crippen LogP) is 2.04. The Hall–Kier alpha value is -0.910. The van der Waals surface area contributed by atoms with Crippen molar-refractivity contribution in [1.82, 2.24) is 4.72 Å². The molecule has 5 heteroatoms. The lowest BCUT2D eigenvalue weighted by Gasteiger charge is -2.24. The molecule has 1 aromatic carbocycles. The van der Waals surface area contributed by atoms with Crippen molar-refractivity contribution in [2.45, 2.75) is 50.5 Å². The molecule has 0 saturated heterocycles. The van der Waals surface area contributed by atoms with Gasteiger partial charge in [-0.15, -0.1) is 0 Å². The SMILES string of the molecule is CCC(C)(C)NS(=O)(=O)c1ccc(CCCN)cc1. The van der Waals surface area contributed by atoms with Gasteiger partial charge in [0.05, 0.1) is 4.90 Å². The molecule has 0 aliphatic carbocycles. The molecule has 0 aliphatic rings. The molecule has 0 radical (unpaired) electrons. The van der Waals surface area contributed by atoms with Crippen LogP contribution in [0.25, 0.3) is 0 Å². The van der Waals surface area contributed by atoms with E-state index in [9.17, 15) is 8.42 Å². The highest BCUT2D eigenvalue weighted by Gasteiger charge is 2.24. The van der Waals surface area contributed by atoms with Gasteiger partial charge in [-0.3, -0.25) is 0 Å². The summed E-state index contributed by atoms with van der Waals surface area (Å²) in [7, 11) is -3.44. The Morgan fingerprint density at radius 2 is 1.79 bits per heavy atom. The summed E-state index contributed by atoms with van der Waals surface area (Å²) < 4.78 is 27.1. The van der Waals surface area contributed by atoms with Gasteiger partial charge < -0.3 is 5.73 Å². The number of nitrogens with one attached hydrogen (secondary N) is 1. The van der Waals surface area contributed by atoms with E-state index in [2.05, 4.69) is 4.72 Å². The molecule has 0 saturated carbocycles. The number of hydrogen-bond donors (Lipinski definition) is 2. The van der Waals surface area contributed by atoms with Crippen LogP contribution >= 0.6 is 0 Å². The molecule has 4 nitrogen and oxygen atoms in total. The van der Waals surface area contributed by atoms with E-state index in [1.807, 2.05) is 32.9 Å². The van der Waals surface area contributed by atoms with Gasteiger partial charge in [0.1, 0.15) is 0 Å². The van der Waals surface area contributed by atoms with Crippen LogP contribution in [0.3, 0.4) is 0 Å². The minimum Gasteiger partial charge on any atom is -0.330 e. The molecule has 0 atom stereocenters. The standard InChI is InChI=1S/C14H24N2O2S/c1-4-14(2,3)16-19(17,18)13-9-7-12(8-10-13)6-5-11-15/h7-10,16H,4-6,11,15H2,1-3H3. The Balaban J connectivity index is 2.85. The maximum Gasteiger partial charge on any atom is 0.241 e. The van der Waals surface area contributed by atoms with Crippen molar-refractivity contribution in [3.8, 4) is 0 Å². The first kappa shape index (κ1) is 16.1. The van der Waals surface area contributed by atoms with Crippen LogP contribution < -0.4 is 10.5 Å². The molecular weight excluding hydrogens is 260 g/mol. The Bertz CT molecular complexity index is 493. The summed E-state index contributed by atoms with van der Waals surface area (Å²) in [6, 6.07) is 7.01. The summed E-state index contributed by atoms with van der Waals surface area (Å²) in [4.78, 5) is 0.311. The van der Waals surface area contributed by atoms with E-state index in [4.69, 9.17) is 5.73 Å². The normalized spacial score (nSPS) is 12.6. The van der Waals surface area contributed by atoms with Gasteiger partial charge in [0, 0.05) is 5.54 Å². The Morgan fingerprint density at radius 3 is 2.26 bits per heavy atom. The van der Waals surface area contributed by atoms with E-state index in [0.717, 1.165) is 24.8 Å². The van der Waals surface area contributed by atoms with Crippen LogP contribution in [0, 0.1) is 0 Å². The van der Waals surface area contributed by atoms with E-state index in [0.29, 0.717) is 11.4 Å². The minimum atomic E-state index is -3.44. The fraction of sp³-hybridized carbons (Fsp3) is 0.571. The fourth-order valence-corrected chi connectivity index (χ4v) is 3.12. The van der Waals surface area contributed by atoms with Gasteiger partial charge in [0.2, 0.25) is 10.0 Å². The molecule has 0 amide bonds. The smallest absolute Gasteiger partial charge is 0.241 e. The highest BCUT2D eigenvalue weighted by Crippen LogP contribution is 2.16. The largest absolute Gasteiger partial charge is 0.330 e. The lowest BCUT2D eigenvalue weighted by Crippen LogP contribution is -2.42. The lowest BCUT2D eigenvalue weighted by molar-refractivity contribution is 0.439. The van der Waals surface area contributed by atoms with Gasteiger partial charge in [-0.05, 0) is 57.4 Å². The van der Waals surface area contributed by atoms with Gasteiger partial charge in [-0.1, -0.05) is 19.1 Å². The van der Waals surface area contributed by atoms with Crippen LogP contribution in [0.2, 0.25) is 0 Å². The second-order valence-corrected chi connectivity index (χ2v) is 7.06. The van der Waals surface area contributed by atoms with Crippen LogP contribution in [0.5, 0.6) is 0 Å². The quantitative estimate of drug-likeness (QED) is 0.805. The van der Waals surface area contributed by atoms with Crippen molar-refractivity contribution in [3.63, 3.8) is 0 Å². The molecule has 108 valence electrons. The summed E-state index contributed by atoms with van der Waals surface area (Å²) in [5, 5.41) is 0. The van der Waals surface area contributed by atoms with E-state index >= 15 is 0 Å². The predicted molar refractivity (Wildman–Crippen MR) is 78.5 cm³/mol. The summed E-state index contributed by atoms with van der Waals surface area (Å²) in [5.41, 5.74) is 6.13. The molecular formula is C14H24N2O2S. The van der Waals surface area contributed by atoms with Crippen molar-refractivity contribution < 1.29 is 8.42 Å². The third kappa shape index (κ3) is 4.93. The van der Waals surface area contributed by atoms with E-state index in [1.54, 1.807) is 12.1 Å². The topological polar surface area (TPSA) is 72.2 Å². The summed E-state index contributed by atoms with van der Waals surface area (Å²) >= 11 is 0. The van der Waals surface area contributed by atoms with Crippen LogP contribution in [0.4, 0.5) is 0 Å². The maximum atomic E-state index is 12.2. The first-order valence-corrected chi connectivity index (χ1v) is 8.12. The van der Waals surface area contributed by atoms with Crippen LogP contribution in [-0.4, -0.2) is 20.5 Å². The monoisotopic (exact) mass is 284 g/mol. The Morgan fingerprint density at radius 1 is 1.21 bits per heavy atom. The van der Waals surface area contributed by atoms with Crippen molar-refractivity contribution in [1.29, 1.82) is 0 Å². The Labute approximate surface area is 116 Å². The van der Waals surface area contributed by atoms with E-state index in [-0.39, 0.29) is 0 Å². The van der Waals surface area contributed by atoms with Gasteiger partial charge in [0.15, 0.2) is 0 Å².